The van der Waals surface area contributed by atoms with E-state index in [0.29, 0.717) is 12.5 Å². The van der Waals surface area contributed by atoms with Crippen LogP contribution >= 0.6 is 0 Å². The molecule has 2 aliphatic rings. The maximum atomic E-state index is 12.0. The quantitative estimate of drug-likeness (QED) is 0.756. The van der Waals surface area contributed by atoms with Crippen LogP contribution in [0.5, 0.6) is 5.75 Å². The van der Waals surface area contributed by atoms with Crippen LogP contribution < -0.4 is 4.74 Å². The summed E-state index contributed by atoms with van der Waals surface area (Å²) in [7, 11) is 0. The first-order valence-electron chi connectivity index (χ1n) is 7.74. The highest BCUT2D eigenvalue weighted by atomic mass is 16.6. The predicted molar refractivity (Wildman–Crippen MR) is 78.3 cm³/mol. The molecule has 2 fully saturated rings. The Labute approximate surface area is 125 Å². The number of rotatable bonds is 6. The maximum absolute atomic E-state index is 12.0. The van der Waals surface area contributed by atoms with E-state index in [4.69, 9.17) is 14.2 Å². The zero-order valence-corrected chi connectivity index (χ0v) is 12.5. The highest BCUT2D eigenvalue weighted by Crippen LogP contribution is 2.49. The number of aryl methyl sites for hydroxylation is 1. The summed E-state index contributed by atoms with van der Waals surface area (Å²) in [6, 6.07) is 7.80. The van der Waals surface area contributed by atoms with Gasteiger partial charge in [0.25, 0.3) is 0 Å². The number of ether oxygens (including phenoxy) is 3. The van der Waals surface area contributed by atoms with Crippen LogP contribution in [0.15, 0.2) is 24.3 Å². The third kappa shape index (κ3) is 3.21. The Bertz CT molecular complexity index is 501. The lowest BCUT2D eigenvalue weighted by molar-refractivity contribution is -0.157. The fourth-order valence-electron chi connectivity index (χ4n) is 3.00. The van der Waals surface area contributed by atoms with Gasteiger partial charge in [0.1, 0.15) is 11.4 Å². The Hall–Kier alpha value is -1.55. The number of esters is 1. The minimum Gasteiger partial charge on any atom is -0.482 e. The molecule has 1 aromatic rings. The van der Waals surface area contributed by atoms with Crippen molar-refractivity contribution in [3.05, 3.63) is 29.8 Å². The highest BCUT2D eigenvalue weighted by Gasteiger charge is 2.54. The first-order valence-corrected chi connectivity index (χ1v) is 7.74. The van der Waals surface area contributed by atoms with Gasteiger partial charge in [0, 0.05) is 12.5 Å². The van der Waals surface area contributed by atoms with E-state index in [-0.39, 0.29) is 18.2 Å². The molecule has 4 nitrogen and oxygen atoms in total. The first-order chi connectivity index (χ1) is 10.2. The van der Waals surface area contributed by atoms with Crippen molar-refractivity contribution in [2.75, 3.05) is 19.8 Å². The molecule has 0 amide bonds. The van der Waals surface area contributed by atoms with Crippen molar-refractivity contribution in [2.24, 2.45) is 5.92 Å². The third-order valence-corrected chi connectivity index (χ3v) is 4.43. The number of carbonyl (C=O) groups excluding carboxylic acids is 1. The predicted octanol–water partition coefficient (Wildman–Crippen LogP) is 2.74. The lowest BCUT2D eigenvalue weighted by Gasteiger charge is -2.22. The normalized spacial score (nSPS) is 22.8. The zero-order valence-electron chi connectivity index (χ0n) is 12.5. The molecule has 0 bridgehead atoms. The molecule has 1 aromatic carbocycles. The highest BCUT2D eigenvalue weighted by molar-refractivity contribution is 5.72. The molecule has 0 radical (unpaired) electrons. The maximum Gasteiger partial charge on any atom is 0.344 e. The number of hydrogen-bond donors (Lipinski definition) is 0. The van der Waals surface area contributed by atoms with Gasteiger partial charge in [0.2, 0.25) is 0 Å². The van der Waals surface area contributed by atoms with Gasteiger partial charge in [0.05, 0.1) is 6.61 Å². The van der Waals surface area contributed by atoms with Gasteiger partial charge in [-0.1, -0.05) is 25.1 Å². The van der Waals surface area contributed by atoms with Crippen LogP contribution in [0.3, 0.4) is 0 Å². The first kappa shape index (κ1) is 14.4. The molecule has 1 saturated heterocycles. The molecule has 0 aromatic heterocycles. The van der Waals surface area contributed by atoms with Crippen LogP contribution in [0, 0.1) is 5.92 Å². The van der Waals surface area contributed by atoms with E-state index in [1.54, 1.807) is 0 Å². The second-order valence-electron chi connectivity index (χ2n) is 5.85. The van der Waals surface area contributed by atoms with E-state index in [9.17, 15) is 4.79 Å². The van der Waals surface area contributed by atoms with Crippen molar-refractivity contribution in [3.8, 4) is 5.75 Å². The molecule has 1 aliphatic heterocycles. The molecule has 1 heterocycles. The number of para-hydroxylation sites is 1. The molecule has 1 saturated carbocycles. The second kappa shape index (κ2) is 6.06. The van der Waals surface area contributed by atoms with Crippen LogP contribution in [-0.2, 0) is 20.7 Å². The molecule has 0 spiro atoms. The minimum atomic E-state index is -0.273. The van der Waals surface area contributed by atoms with Gasteiger partial charge < -0.3 is 14.2 Å². The van der Waals surface area contributed by atoms with Crippen LogP contribution in [0.2, 0.25) is 0 Å². The van der Waals surface area contributed by atoms with Crippen molar-refractivity contribution in [1.29, 1.82) is 0 Å². The SMILES string of the molecule is CCc1ccccc1OCC(=O)OC1([C@H]2CCOC2)CC1. The van der Waals surface area contributed by atoms with Crippen molar-refractivity contribution in [3.63, 3.8) is 0 Å². The molecule has 4 heteroatoms. The van der Waals surface area contributed by atoms with Crippen molar-refractivity contribution in [2.45, 2.75) is 38.2 Å². The fourth-order valence-corrected chi connectivity index (χ4v) is 3.00. The molecule has 1 atom stereocenters. The van der Waals surface area contributed by atoms with Gasteiger partial charge in [-0.05, 0) is 37.3 Å². The van der Waals surface area contributed by atoms with E-state index in [1.807, 2.05) is 24.3 Å². The summed E-state index contributed by atoms with van der Waals surface area (Å²) in [5, 5.41) is 0. The summed E-state index contributed by atoms with van der Waals surface area (Å²) in [4.78, 5) is 12.0. The van der Waals surface area contributed by atoms with E-state index in [1.165, 1.54) is 0 Å². The summed E-state index contributed by atoms with van der Waals surface area (Å²) < 4.78 is 16.7. The van der Waals surface area contributed by atoms with Gasteiger partial charge in [-0.3, -0.25) is 0 Å². The fraction of sp³-hybridized carbons (Fsp3) is 0.588. The lowest BCUT2D eigenvalue weighted by atomic mass is 9.99. The molecular formula is C17H22O4. The Balaban J connectivity index is 1.53. The third-order valence-electron chi connectivity index (χ3n) is 4.43. The molecule has 0 unspecified atom stereocenters. The van der Waals surface area contributed by atoms with Gasteiger partial charge in [-0.2, -0.15) is 0 Å². The molecule has 114 valence electrons. The van der Waals surface area contributed by atoms with E-state index in [0.717, 1.165) is 43.6 Å². The summed E-state index contributed by atoms with van der Waals surface area (Å²) in [5.41, 5.74) is 0.844. The Morgan fingerprint density at radius 2 is 2.19 bits per heavy atom. The van der Waals surface area contributed by atoms with E-state index >= 15 is 0 Å². The number of hydrogen-bond acceptors (Lipinski definition) is 4. The summed E-state index contributed by atoms with van der Waals surface area (Å²) in [5.74, 6) is 0.862. The number of carbonyl (C=O) groups is 1. The van der Waals surface area contributed by atoms with Crippen molar-refractivity contribution in [1.82, 2.24) is 0 Å². The smallest absolute Gasteiger partial charge is 0.344 e. The zero-order chi connectivity index (χ0) is 14.7. The Kier molecular flexibility index (Phi) is 4.15. The summed E-state index contributed by atoms with van der Waals surface area (Å²) in [6.07, 6.45) is 3.79. The summed E-state index contributed by atoms with van der Waals surface area (Å²) >= 11 is 0. The van der Waals surface area contributed by atoms with Crippen LogP contribution in [0.25, 0.3) is 0 Å². The van der Waals surface area contributed by atoms with E-state index in [2.05, 4.69) is 6.92 Å². The monoisotopic (exact) mass is 290 g/mol. The Morgan fingerprint density at radius 3 is 2.86 bits per heavy atom. The van der Waals surface area contributed by atoms with Crippen LogP contribution in [0.1, 0.15) is 31.7 Å². The largest absolute Gasteiger partial charge is 0.482 e. The minimum absolute atomic E-state index is 0.0215. The molecule has 3 rings (SSSR count). The van der Waals surface area contributed by atoms with E-state index < -0.39 is 0 Å². The van der Waals surface area contributed by atoms with Gasteiger partial charge >= 0.3 is 5.97 Å². The average Bonchev–Trinajstić information content (AvgIpc) is 3.06. The van der Waals surface area contributed by atoms with Crippen LogP contribution in [0.4, 0.5) is 0 Å². The molecule has 21 heavy (non-hydrogen) atoms. The van der Waals surface area contributed by atoms with Crippen LogP contribution in [-0.4, -0.2) is 31.4 Å². The molecule has 1 aliphatic carbocycles. The second-order valence-corrected chi connectivity index (χ2v) is 5.85. The van der Waals surface area contributed by atoms with Gasteiger partial charge in [0.15, 0.2) is 6.61 Å². The average molecular weight is 290 g/mol. The van der Waals surface area contributed by atoms with Gasteiger partial charge in [-0.25, -0.2) is 4.79 Å². The van der Waals surface area contributed by atoms with Crippen molar-refractivity contribution < 1.29 is 19.0 Å². The Morgan fingerprint density at radius 1 is 1.38 bits per heavy atom. The molecular weight excluding hydrogens is 268 g/mol. The van der Waals surface area contributed by atoms with Crippen molar-refractivity contribution >= 4 is 5.97 Å². The topological polar surface area (TPSA) is 44.8 Å². The number of benzene rings is 1. The summed E-state index contributed by atoms with van der Waals surface area (Å²) in [6.45, 7) is 3.54. The lowest BCUT2D eigenvalue weighted by Crippen LogP contribution is -2.31. The standard InChI is InChI=1S/C17H22O4/c1-2-13-5-3-4-6-15(13)20-12-16(18)21-17(8-9-17)14-7-10-19-11-14/h3-6,14H,2,7-12H2,1H3/t14-/m0/s1. The molecule has 0 N–H and O–H groups in total. The van der Waals surface area contributed by atoms with Gasteiger partial charge in [-0.15, -0.1) is 0 Å².